The number of hydrogen-bond donors (Lipinski definition) is 1. The first-order valence-electron chi connectivity index (χ1n) is 9.25. The predicted molar refractivity (Wildman–Crippen MR) is 113 cm³/mol. The fraction of sp³-hybridized carbons (Fsp3) is 0.0870. The Morgan fingerprint density at radius 3 is 2.00 bits per heavy atom. The molecular weight excluding hydrogens is 403 g/mol. The molecule has 0 bridgehead atoms. The van der Waals surface area contributed by atoms with E-state index in [1.54, 1.807) is 12.1 Å². The van der Waals surface area contributed by atoms with E-state index < -0.39 is 15.7 Å². The van der Waals surface area contributed by atoms with E-state index in [0.717, 1.165) is 11.1 Å². The van der Waals surface area contributed by atoms with E-state index >= 15 is 0 Å². The number of aromatic nitrogens is 1. The molecular formula is C23H19FN2O3S. The first-order chi connectivity index (χ1) is 14.3. The van der Waals surface area contributed by atoms with Gasteiger partial charge in [0.1, 0.15) is 5.82 Å². The van der Waals surface area contributed by atoms with Gasteiger partial charge in [-0.2, -0.15) is 4.98 Å². The molecule has 0 unspecified atom stereocenters. The maximum atomic E-state index is 13.3. The summed E-state index contributed by atoms with van der Waals surface area (Å²) in [7, 11) is -3.95. The van der Waals surface area contributed by atoms with E-state index in [1.807, 2.05) is 38.1 Å². The van der Waals surface area contributed by atoms with Crippen molar-refractivity contribution in [1.82, 2.24) is 4.98 Å². The molecule has 1 N–H and O–H groups in total. The van der Waals surface area contributed by atoms with Gasteiger partial charge in [0.05, 0.1) is 4.90 Å². The predicted octanol–water partition coefficient (Wildman–Crippen LogP) is 5.67. The fourth-order valence-corrected chi connectivity index (χ4v) is 4.14. The van der Waals surface area contributed by atoms with Crippen molar-refractivity contribution in [3.05, 3.63) is 89.7 Å². The highest BCUT2D eigenvalue weighted by molar-refractivity contribution is 7.91. The summed E-state index contributed by atoms with van der Waals surface area (Å²) in [6, 6.07) is 19.4. The van der Waals surface area contributed by atoms with Gasteiger partial charge in [-0.15, -0.1) is 0 Å². The van der Waals surface area contributed by atoms with Crippen molar-refractivity contribution in [2.24, 2.45) is 0 Å². The molecule has 7 heteroatoms. The third-order valence-corrected chi connectivity index (χ3v) is 6.26. The van der Waals surface area contributed by atoms with Gasteiger partial charge in [-0.3, -0.25) is 0 Å². The molecule has 4 rings (SSSR count). The van der Waals surface area contributed by atoms with E-state index in [9.17, 15) is 12.8 Å². The van der Waals surface area contributed by atoms with Gasteiger partial charge in [0.2, 0.25) is 26.6 Å². The van der Waals surface area contributed by atoms with Gasteiger partial charge in [-0.05, 0) is 62.4 Å². The van der Waals surface area contributed by atoms with Crippen LogP contribution in [0.4, 0.5) is 16.0 Å². The topological polar surface area (TPSA) is 72.2 Å². The summed E-state index contributed by atoms with van der Waals surface area (Å²) >= 11 is 0. The minimum atomic E-state index is -3.95. The van der Waals surface area contributed by atoms with Crippen LogP contribution >= 0.6 is 0 Å². The second-order valence-corrected chi connectivity index (χ2v) is 8.83. The second-order valence-electron chi connectivity index (χ2n) is 6.97. The molecule has 152 valence electrons. The maximum Gasteiger partial charge on any atom is 0.238 e. The fourth-order valence-electron chi connectivity index (χ4n) is 2.88. The zero-order valence-electron chi connectivity index (χ0n) is 16.4. The van der Waals surface area contributed by atoms with Crippen molar-refractivity contribution < 1.29 is 17.2 Å². The van der Waals surface area contributed by atoms with Crippen molar-refractivity contribution in [2.45, 2.75) is 23.8 Å². The summed E-state index contributed by atoms with van der Waals surface area (Å²) in [6.45, 7) is 3.83. The lowest BCUT2D eigenvalue weighted by Gasteiger charge is -2.06. The molecule has 0 saturated heterocycles. The smallest absolute Gasteiger partial charge is 0.238 e. The van der Waals surface area contributed by atoms with Gasteiger partial charge >= 0.3 is 0 Å². The van der Waals surface area contributed by atoms with Crippen molar-refractivity contribution in [2.75, 3.05) is 5.32 Å². The number of halogens is 1. The molecule has 4 aromatic rings. The van der Waals surface area contributed by atoms with Gasteiger partial charge < -0.3 is 9.73 Å². The SMILES string of the molecule is Cc1ccc(-c2nc(S(=O)(=O)c3ccc(C)cc3)c(Nc3ccc(F)cc3)o2)cc1. The summed E-state index contributed by atoms with van der Waals surface area (Å²) in [4.78, 5) is 4.41. The molecule has 1 aromatic heterocycles. The zero-order chi connectivity index (χ0) is 21.3. The average Bonchev–Trinajstić information content (AvgIpc) is 3.15. The van der Waals surface area contributed by atoms with E-state index in [1.165, 1.54) is 36.4 Å². The number of rotatable bonds is 5. The summed E-state index contributed by atoms with van der Waals surface area (Å²) in [5, 5.41) is 2.68. The first-order valence-corrected chi connectivity index (χ1v) is 10.7. The molecule has 0 aliphatic carbocycles. The van der Waals surface area contributed by atoms with E-state index in [2.05, 4.69) is 10.3 Å². The number of anilines is 2. The highest BCUT2D eigenvalue weighted by atomic mass is 32.2. The second kappa shape index (κ2) is 7.76. The molecule has 3 aromatic carbocycles. The summed E-state index contributed by atoms with van der Waals surface area (Å²) < 4.78 is 45.6. The monoisotopic (exact) mass is 422 g/mol. The number of benzene rings is 3. The molecule has 0 aliphatic rings. The Hall–Kier alpha value is -3.45. The van der Waals surface area contributed by atoms with Crippen LogP contribution in [0.5, 0.6) is 0 Å². The van der Waals surface area contributed by atoms with Gasteiger partial charge in [-0.1, -0.05) is 35.4 Å². The minimum absolute atomic E-state index is 0.0299. The third-order valence-electron chi connectivity index (χ3n) is 4.58. The molecule has 5 nitrogen and oxygen atoms in total. The van der Waals surface area contributed by atoms with Crippen LogP contribution in [-0.4, -0.2) is 13.4 Å². The van der Waals surface area contributed by atoms with Gasteiger partial charge in [0.25, 0.3) is 0 Å². The molecule has 30 heavy (non-hydrogen) atoms. The number of sulfone groups is 1. The lowest BCUT2D eigenvalue weighted by Crippen LogP contribution is -2.05. The third kappa shape index (κ3) is 3.97. The Labute approximate surface area is 174 Å². The van der Waals surface area contributed by atoms with Crippen LogP contribution in [0.2, 0.25) is 0 Å². The first kappa shape index (κ1) is 19.8. The van der Waals surface area contributed by atoms with Crippen molar-refractivity contribution >= 4 is 21.4 Å². The quantitative estimate of drug-likeness (QED) is 0.448. The highest BCUT2D eigenvalue weighted by Gasteiger charge is 2.28. The van der Waals surface area contributed by atoms with Crippen molar-refractivity contribution in [1.29, 1.82) is 0 Å². The molecule has 0 atom stereocenters. The highest BCUT2D eigenvalue weighted by Crippen LogP contribution is 2.34. The van der Waals surface area contributed by atoms with Gasteiger partial charge in [0, 0.05) is 11.3 Å². The van der Waals surface area contributed by atoms with E-state index in [-0.39, 0.29) is 21.7 Å². The van der Waals surface area contributed by atoms with Crippen LogP contribution in [0, 0.1) is 19.7 Å². The standard InChI is InChI=1S/C23H19FN2O3S/c1-15-3-7-17(8-4-15)21-26-23(30(27,28)20-13-5-16(2)6-14-20)22(29-21)25-19-11-9-18(24)10-12-19/h3-14,25H,1-2H3. The largest absolute Gasteiger partial charge is 0.419 e. The number of nitrogens with zero attached hydrogens (tertiary/aromatic N) is 1. The molecule has 0 fully saturated rings. The Morgan fingerprint density at radius 1 is 0.833 bits per heavy atom. The maximum absolute atomic E-state index is 13.3. The van der Waals surface area contributed by atoms with Crippen LogP contribution in [0.15, 0.2) is 87.1 Å². The summed E-state index contributed by atoms with van der Waals surface area (Å²) in [5.41, 5.74) is 3.12. The number of hydrogen-bond acceptors (Lipinski definition) is 5. The molecule has 0 amide bonds. The Balaban J connectivity index is 1.83. The van der Waals surface area contributed by atoms with Crippen molar-refractivity contribution in [3.63, 3.8) is 0 Å². The summed E-state index contributed by atoms with van der Waals surface area (Å²) in [6.07, 6.45) is 0. The van der Waals surface area contributed by atoms with Crippen LogP contribution in [0.3, 0.4) is 0 Å². The summed E-state index contributed by atoms with van der Waals surface area (Å²) in [5.74, 6) is -0.256. The zero-order valence-corrected chi connectivity index (χ0v) is 17.2. The number of nitrogens with one attached hydrogen (secondary N) is 1. The lowest BCUT2D eigenvalue weighted by atomic mass is 10.1. The van der Waals surface area contributed by atoms with Crippen LogP contribution in [0.1, 0.15) is 11.1 Å². The van der Waals surface area contributed by atoms with Gasteiger partial charge in [0.15, 0.2) is 0 Å². The Morgan fingerprint density at radius 2 is 1.40 bits per heavy atom. The van der Waals surface area contributed by atoms with Crippen LogP contribution < -0.4 is 5.32 Å². The van der Waals surface area contributed by atoms with Gasteiger partial charge in [-0.25, -0.2) is 12.8 Å². The molecule has 0 aliphatic heterocycles. The van der Waals surface area contributed by atoms with E-state index in [4.69, 9.17) is 4.42 Å². The van der Waals surface area contributed by atoms with Crippen molar-refractivity contribution in [3.8, 4) is 11.5 Å². The Kier molecular flexibility index (Phi) is 5.13. The number of aryl methyl sites for hydroxylation is 2. The lowest BCUT2D eigenvalue weighted by molar-refractivity contribution is 0.581. The Bertz CT molecular complexity index is 1280. The average molecular weight is 422 g/mol. The molecule has 0 saturated carbocycles. The minimum Gasteiger partial charge on any atom is -0.419 e. The number of oxazole rings is 1. The molecule has 0 spiro atoms. The van der Waals surface area contributed by atoms with E-state index in [0.29, 0.717) is 11.3 Å². The van der Waals surface area contributed by atoms with Crippen LogP contribution in [-0.2, 0) is 9.84 Å². The van der Waals surface area contributed by atoms with Crippen LogP contribution in [0.25, 0.3) is 11.5 Å². The molecule has 0 radical (unpaired) electrons. The molecule has 1 heterocycles. The normalized spacial score (nSPS) is 11.4.